The van der Waals surface area contributed by atoms with Crippen LogP contribution in [-0.4, -0.2) is 36.6 Å². The van der Waals surface area contributed by atoms with Gasteiger partial charge in [0, 0.05) is 35.4 Å². The quantitative estimate of drug-likeness (QED) is 0.650. The van der Waals surface area contributed by atoms with Crippen molar-refractivity contribution in [2.45, 2.75) is 18.9 Å². The number of carbonyl (C=O) groups excluding carboxylic acids is 1. The number of aromatic nitrogens is 1. The number of primary amides is 1. The molecular formula is C20H21ClN4O. The Morgan fingerprint density at radius 3 is 2.92 bits per heavy atom. The van der Waals surface area contributed by atoms with Crippen molar-refractivity contribution < 1.29 is 4.79 Å². The van der Waals surface area contributed by atoms with Crippen molar-refractivity contribution in [2.24, 2.45) is 11.7 Å². The van der Waals surface area contributed by atoms with Crippen LogP contribution in [0.5, 0.6) is 0 Å². The van der Waals surface area contributed by atoms with E-state index in [9.17, 15) is 4.79 Å². The zero-order chi connectivity index (χ0) is 17.8. The number of carbonyl (C=O) groups is 1. The minimum absolute atomic E-state index is 0.444. The van der Waals surface area contributed by atoms with E-state index in [1.54, 1.807) is 6.07 Å². The van der Waals surface area contributed by atoms with Crippen LogP contribution in [0, 0.1) is 5.92 Å². The number of anilines is 1. The number of nitrogens with one attached hydrogen (secondary N) is 2. The molecule has 0 radical (unpaired) electrons. The van der Waals surface area contributed by atoms with E-state index < -0.39 is 5.91 Å². The van der Waals surface area contributed by atoms with Gasteiger partial charge >= 0.3 is 0 Å². The highest BCUT2D eigenvalue weighted by Gasteiger charge is 2.36. The summed E-state index contributed by atoms with van der Waals surface area (Å²) in [6.07, 6.45) is 2.48. The van der Waals surface area contributed by atoms with Crippen molar-refractivity contribution in [3.05, 3.63) is 40.9 Å². The lowest BCUT2D eigenvalue weighted by molar-refractivity contribution is 0.100. The average Bonchev–Trinajstić information content (AvgIpc) is 3.22. The second-order valence-electron chi connectivity index (χ2n) is 7.41. The summed E-state index contributed by atoms with van der Waals surface area (Å²) < 4.78 is 0. The van der Waals surface area contributed by atoms with E-state index in [1.165, 1.54) is 12.8 Å². The topological polar surface area (TPSA) is 74.2 Å². The van der Waals surface area contributed by atoms with E-state index in [0.29, 0.717) is 22.5 Å². The zero-order valence-corrected chi connectivity index (χ0v) is 15.1. The van der Waals surface area contributed by atoms with Gasteiger partial charge < -0.3 is 20.9 Å². The molecule has 0 bridgehead atoms. The summed E-state index contributed by atoms with van der Waals surface area (Å²) in [5.41, 5.74) is 8.85. The number of nitrogens with two attached hydrogens (primary N) is 1. The molecule has 6 heteroatoms. The van der Waals surface area contributed by atoms with Crippen molar-refractivity contribution in [1.29, 1.82) is 0 Å². The third-order valence-corrected chi connectivity index (χ3v) is 6.18. The summed E-state index contributed by atoms with van der Waals surface area (Å²) in [5, 5.41) is 6.31. The summed E-state index contributed by atoms with van der Waals surface area (Å²) >= 11 is 6.70. The lowest BCUT2D eigenvalue weighted by Gasteiger charge is -2.24. The van der Waals surface area contributed by atoms with Gasteiger partial charge in [0.1, 0.15) is 0 Å². The highest BCUT2D eigenvalue weighted by atomic mass is 35.5. The van der Waals surface area contributed by atoms with Gasteiger partial charge in [0.15, 0.2) is 0 Å². The Morgan fingerprint density at radius 2 is 2.12 bits per heavy atom. The summed E-state index contributed by atoms with van der Waals surface area (Å²) in [6, 6.07) is 10.3. The number of benzene rings is 2. The van der Waals surface area contributed by atoms with Gasteiger partial charge in [-0.05, 0) is 37.4 Å². The Labute approximate surface area is 156 Å². The third kappa shape index (κ3) is 2.31. The first-order valence-corrected chi connectivity index (χ1v) is 9.52. The van der Waals surface area contributed by atoms with E-state index in [-0.39, 0.29) is 0 Å². The normalized spacial score (nSPS) is 22.9. The molecule has 5 nitrogen and oxygen atoms in total. The fourth-order valence-electron chi connectivity index (χ4n) is 4.71. The molecule has 3 aromatic rings. The molecule has 0 aliphatic carbocycles. The van der Waals surface area contributed by atoms with Gasteiger partial charge in [-0.1, -0.05) is 29.8 Å². The molecule has 1 aromatic heterocycles. The molecule has 134 valence electrons. The number of hydrogen-bond acceptors (Lipinski definition) is 3. The third-order valence-electron chi connectivity index (χ3n) is 5.89. The molecule has 2 aliphatic heterocycles. The first-order chi connectivity index (χ1) is 12.6. The predicted molar refractivity (Wildman–Crippen MR) is 106 cm³/mol. The predicted octanol–water partition coefficient (Wildman–Crippen LogP) is 3.26. The molecule has 2 saturated heterocycles. The molecule has 5 rings (SSSR count). The molecule has 26 heavy (non-hydrogen) atoms. The number of halogens is 1. The Hall–Kier alpha value is -2.24. The molecular weight excluding hydrogens is 348 g/mol. The van der Waals surface area contributed by atoms with Crippen LogP contribution in [0.2, 0.25) is 5.02 Å². The lowest BCUT2D eigenvalue weighted by Crippen LogP contribution is -2.40. The molecule has 2 aliphatic rings. The van der Waals surface area contributed by atoms with Crippen molar-refractivity contribution in [3.63, 3.8) is 0 Å². The van der Waals surface area contributed by atoms with Crippen LogP contribution < -0.4 is 16.0 Å². The molecule has 2 fully saturated rings. The van der Waals surface area contributed by atoms with Gasteiger partial charge in [-0.15, -0.1) is 0 Å². The maximum absolute atomic E-state index is 12.0. The van der Waals surface area contributed by atoms with Gasteiger partial charge in [0.05, 0.1) is 21.8 Å². The number of H-pyrrole nitrogens is 1. The minimum atomic E-state index is -0.466. The maximum atomic E-state index is 12.0. The Bertz CT molecular complexity index is 1010. The van der Waals surface area contributed by atoms with Gasteiger partial charge in [0.25, 0.3) is 5.91 Å². The van der Waals surface area contributed by atoms with Crippen LogP contribution in [-0.2, 0) is 0 Å². The van der Waals surface area contributed by atoms with Gasteiger partial charge in [-0.25, -0.2) is 0 Å². The zero-order valence-electron chi connectivity index (χ0n) is 14.4. The fraction of sp³-hybridized carbons (Fsp3) is 0.350. The van der Waals surface area contributed by atoms with Gasteiger partial charge in [-0.3, -0.25) is 4.79 Å². The SMILES string of the molecule is NC(=O)c1cc(Cl)c(N2CC3CCCNC3C2)c2c1[nH]c1ccccc12. The van der Waals surface area contributed by atoms with Crippen LogP contribution in [0.25, 0.3) is 21.8 Å². The van der Waals surface area contributed by atoms with Crippen molar-refractivity contribution >= 4 is 45.0 Å². The minimum Gasteiger partial charge on any atom is -0.368 e. The van der Waals surface area contributed by atoms with Gasteiger partial charge in [0.2, 0.25) is 0 Å². The van der Waals surface area contributed by atoms with Crippen molar-refractivity contribution in [2.75, 3.05) is 24.5 Å². The summed E-state index contributed by atoms with van der Waals surface area (Å²) in [4.78, 5) is 17.8. The number of fused-ring (bicyclic) bond motifs is 4. The lowest BCUT2D eigenvalue weighted by atomic mass is 9.94. The molecule has 3 heterocycles. The Balaban J connectivity index is 1.76. The number of aromatic amines is 1. The summed E-state index contributed by atoms with van der Waals surface area (Å²) in [5.74, 6) is 0.183. The summed E-state index contributed by atoms with van der Waals surface area (Å²) in [7, 11) is 0. The molecule has 4 N–H and O–H groups in total. The number of nitrogens with zero attached hydrogens (tertiary/aromatic N) is 1. The fourth-order valence-corrected chi connectivity index (χ4v) is 5.03. The molecule has 2 unspecified atom stereocenters. The van der Waals surface area contributed by atoms with E-state index in [0.717, 1.165) is 47.1 Å². The van der Waals surface area contributed by atoms with Crippen LogP contribution in [0.1, 0.15) is 23.2 Å². The van der Waals surface area contributed by atoms with Crippen LogP contribution in [0.15, 0.2) is 30.3 Å². The molecule has 2 atom stereocenters. The molecule has 0 spiro atoms. The van der Waals surface area contributed by atoms with Crippen molar-refractivity contribution in [3.8, 4) is 0 Å². The first kappa shape index (κ1) is 16.0. The van der Waals surface area contributed by atoms with Crippen LogP contribution in [0.3, 0.4) is 0 Å². The Morgan fingerprint density at radius 1 is 1.27 bits per heavy atom. The second-order valence-corrected chi connectivity index (χ2v) is 7.81. The number of rotatable bonds is 2. The second kappa shape index (κ2) is 5.89. The highest BCUT2D eigenvalue weighted by Crippen LogP contribution is 2.43. The van der Waals surface area contributed by atoms with Gasteiger partial charge in [-0.2, -0.15) is 0 Å². The number of para-hydroxylation sites is 1. The van der Waals surface area contributed by atoms with E-state index in [4.69, 9.17) is 17.3 Å². The maximum Gasteiger partial charge on any atom is 0.250 e. The average molecular weight is 369 g/mol. The molecule has 2 aromatic carbocycles. The first-order valence-electron chi connectivity index (χ1n) is 9.14. The van der Waals surface area contributed by atoms with E-state index >= 15 is 0 Å². The Kier molecular flexibility index (Phi) is 3.62. The molecule has 1 amide bonds. The highest BCUT2D eigenvalue weighted by molar-refractivity contribution is 6.37. The number of hydrogen-bond donors (Lipinski definition) is 3. The van der Waals surface area contributed by atoms with Crippen LogP contribution in [0.4, 0.5) is 5.69 Å². The van der Waals surface area contributed by atoms with Crippen molar-refractivity contribution in [1.82, 2.24) is 10.3 Å². The van der Waals surface area contributed by atoms with E-state index in [1.807, 2.05) is 18.2 Å². The van der Waals surface area contributed by atoms with E-state index in [2.05, 4.69) is 21.3 Å². The number of piperidine rings is 1. The number of amides is 1. The molecule has 0 saturated carbocycles. The largest absolute Gasteiger partial charge is 0.368 e. The smallest absolute Gasteiger partial charge is 0.250 e. The van der Waals surface area contributed by atoms with Crippen LogP contribution >= 0.6 is 11.6 Å². The monoisotopic (exact) mass is 368 g/mol. The standard InChI is InChI=1S/C20H21ClN4O/c21-14-8-13(20(22)26)18-17(12-5-1-2-6-15(12)24-18)19(14)25-9-11-4-3-7-23-16(11)10-25/h1-2,5-6,8,11,16,23-24H,3-4,7,9-10H2,(H2,22,26). The summed E-state index contributed by atoms with van der Waals surface area (Å²) in [6.45, 7) is 3.02.